The highest BCUT2D eigenvalue weighted by Gasteiger charge is 2.45. The lowest BCUT2D eigenvalue weighted by atomic mass is 10.0. The number of alkyl halides is 2. The molecule has 0 bridgehead atoms. The first kappa shape index (κ1) is 16.3. The van der Waals surface area contributed by atoms with E-state index in [0.29, 0.717) is 0 Å². The Labute approximate surface area is 102 Å². The molecular weight excluding hydrogens is 252 g/mol. The third-order valence-electron chi connectivity index (χ3n) is 1.96. The van der Waals surface area contributed by atoms with E-state index in [1.54, 1.807) is 0 Å². The number of halogens is 2. The predicted molar refractivity (Wildman–Crippen MR) is 55.5 cm³/mol. The van der Waals surface area contributed by atoms with Gasteiger partial charge in [-0.25, -0.2) is 0 Å². The molecule has 0 spiro atoms. The summed E-state index contributed by atoms with van der Waals surface area (Å²) >= 11 is 0. The van der Waals surface area contributed by atoms with E-state index >= 15 is 0 Å². The number of esters is 2. The van der Waals surface area contributed by atoms with Crippen LogP contribution in [-0.2, 0) is 23.9 Å². The molecule has 8 heteroatoms. The molecule has 104 valence electrons. The molecule has 0 aliphatic carbocycles. The fraction of sp³-hybridized carbons (Fsp3) is 0.700. The highest BCUT2D eigenvalue weighted by molar-refractivity contribution is 5.96. The van der Waals surface area contributed by atoms with Crippen molar-refractivity contribution in [3.8, 4) is 0 Å². The minimum Gasteiger partial charge on any atom is -0.465 e. The van der Waals surface area contributed by atoms with E-state index in [0.717, 1.165) is 0 Å². The van der Waals surface area contributed by atoms with Crippen LogP contribution in [0.5, 0.6) is 0 Å². The number of hydrogen-bond donors (Lipinski definition) is 1. The summed E-state index contributed by atoms with van der Waals surface area (Å²) in [6.45, 7) is 2.73. The van der Waals surface area contributed by atoms with Crippen molar-refractivity contribution < 1.29 is 32.6 Å². The normalized spacial score (nSPS) is 11.2. The molecule has 0 rings (SSSR count). The number of nitrogens with two attached hydrogens (primary N) is 1. The van der Waals surface area contributed by atoms with Crippen LogP contribution in [-0.4, -0.2) is 37.0 Å². The lowest BCUT2D eigenvalue weighted by molar-refractivity contribution is -0.168. The van der Waals surface area contributed by atoms with Gasteiger partial charge in [-0.1, -0.05) is 0 Å². The molecule has 0 aliphatic heterocycles. The first-order chi connectivity index (χ1) is 8.26. The molecule has 0 fully saturated rings. The standard InChI is InChI=1S/C10H15F2NO5/c1-3-17-7(14)6(8(15)18-4-2)5-10(11,12)9(13)16/h6H,3-5H2,1-2H3,(H2,13,16). The minimum absolute atomic E-state index is 0.0864. The second kappa shape index (κ2) is 6.87. The molecule has 2 N–H and O–H groups in total. The Morgan fingerprint density at radius 3 is 1.78 bits per heavy atom. The smallest absolute Gasteiger partial charge is 0.325 e. The molecule has 0 saturated heterocycles. The second-order valence-corrected chi connectivity index (χ2v) is 3.33. The highest BCUT2D eigenvalue weighted by Crippen LogP contribution is 2.25. The quantitative estimate of drug-likeness (QED) is 0.526. The van der Waals surface area contributed by atoms with Gasteiger partial charge in [0.2, 0.25) is 0 Å². The molecule has 18 heavy (non-hydrogen) atoms. The molecule has 0 aromatic heterocycles. The van der Waals surface area contributed by atoms with E-state index in [1.165, 1.54) is 13.8 Å². The van der Waals surface area contributed by atoms with Crippen LogP contribution in [0.4, 0.5) is 8.78 Å². The van der Waals surface area contributed by atoms with Gasteiger partial charge in [0.1, 0.15) is 0 Å². The number of hydrogen-bond acceptors (Lipinski definition) is 5. The fourth-order valence-electron chi connectivity index (χ4n) is 1.11. The number of carbonyl (C=O) groups excluding carboxylic acids is 3. The highest BCUT2D eigenvalue weighted by atomic mass is 19.3. The van der Waals surface area contributed by atoms with E-state index in [9.17, 15) is 23.2 Å². The van der Waals surface area contributed by atoms with Crippen molar-refractivity contribution in [3.63, 3.8) is 0 Å². The average molecular weight is 267 g/mol. The number of amides is 1. The van der Waals surface area contributed by atoms with E-state index in [-0.39, 0.29) is 13.2 Å². The van der Waals surface area contributed by atoms with Crippen LogP contribution in [0.15, 0.2) is 0 Å². The van der Waals surface area contributed by atoms with Crippen LogP contribution in [0.25, 0.3) is 0 Å². The maximum absolute atomic E-state index is 13.1. The summed E-state index contributed by atoms with van der Waals surface area (Å²) in [5.74, 6) is -10.1. The molecule has 0 radical (unpaired) electrons. The largest absolute Gasteiger partial charge is 0.465 e. The Balaban J connectivity index is 4.93. The first-order valence-electron chi connectivity index (χ1n) is 5.27. The predicted octanol–water partition coefficient (Wildman–Crippen LogP) is 0.239. The Morgan fingerprint density at radius 1 is 1.11 bits per heavy atom. The van der Waals surface area contributed by atoms with Gasteiger partial charge in [-0.2, -0.15) is 8.78 Å². The van der Waals surface area contributed by atoms with Crippen LogP contribution in [0.1, 0.15) is 20.3 Å². The number of rotatable bonds is 7. The van der Waals surface area contributed by atoms with Crippen LogP contribution in [0.3, 0.4) is 0 Å². The SMILES string of the molecule is CCOC(=O)C(CC(F)(F)C(N)=O)C(=O)OCC. The molecule has 0 atom stereocenters. The Hall–Kier alpha value is -1.73. The monoisotopic (exact) mass is 267 g/mol. The topological polar surface area (TPSA) is 95.7 Å². The third-order valence-corrected chi connectivity index (χ3v) is 1.96. The van der Waals surface area contributed by atoms with E-state index in [4.69, 9.17) is 0 Å². The van der Waals surface area contributed by atoms with Gasteiger partial charge in [0, 0.05) is 6.42 Å². The Bertz CT molecular complexity index is 314. The van der Waals surface area contributed by atoms with Crippen molar-refractivity contribution in [2.24, 2.45) is 11.7 Å². The van der Waals surface area contributed by atoms with Crippen LogP contribution >= 0.6 is 0 Å². The van der Waals surface area contributed by atoms with Crippen molar-refractivity contribution >= 4 is 17.8 Å². The van der Waals surface area contributed by atoms with Crippen molar-refractivity contribution in [3.05, 3.63) is 0 Å². The zero-order valence-electron chi connectivity index (χ0n) is 10.1. The summed E-state index contributed by atoms with van der Waals surface area (Å²) in [7, 11) is 0. The Kier molecular flexibility index (Phi) is 6.21. The van der Waals surface area contributed by atoms with Crippen LogP contribution in [0.2, 0.25) is 0 Å². The molecule has 0 saturated carbocycles. The van der Waals surface area contributed by atoms with Gasteiger partial charge in [0.25, 0.3) is 5.91 Å². The van der Waals surface area contributed by atoms with Gasteiger partial charge < -0.3 is 15.2 Å². The van der Waals surface area contributed by atoms with Crippen molar-refractivity contribution in [2.75, 3.05) is 13.2 Å². The molecule has 0 aromatic carbocycles. The molecule has 6 nitrogen and oxygen atoms in total. The molecular formula is C10H15F2NO5. The third kappa shape index (κ3) is 4.64. The average Bonchev–Trinajstić information content (AvgIpc) is 2.26. The minimum atomic E-state index is -3.98. The maximum atomic E-state index is 13.1. The molecule has 0 aliphatic rings. The summed E-state index contributed by atoms with van der Waals surface area (Å²) in [6, 6.07) is 0. The van der Waals surface area contributed by atoms with Gasteiger partial charge in [0.05, 0.1) is 13.2 Å². The van der Waals surface area contributed by atoms with Crippen molar-refractivity contribution in [1.82, 2.24) is 0 Å². The van der Waals surface area contributed by atoms with Crippen molar-refractivity contribution in [1.29, 1.82) is 0 Å². The summed E-state index contributed by atoms with van der Waals surface area (Å²) in [5.41, 5.74) is 4.47. The van der Waals surface area contributed by atoms with Crippen molar-refractivity contribution in [2.45, 2.75) is 26.2 Å². The zero-order chi connectivity index (χ0) is 14.3. The van der Waals surface area contributed by atoms with Gasteiger partial charge in [-0.05, 0) is 13.8 Å². The molecule has 0 heterocycles. The number of carbonyl (C=O) groups is 3. The number of primary amides is 1. The van der Waals surface area contributed by atoms with E-state index in [1.807, 2.05) is 0 Å². The lowest BCUT2D eigenvalue weighted by Crippen LogP contribution is -2.41. The van der Waals surface area contributed by atoms with Crippen LogP contribution < -0.4 is 5.73 Å². The van der Waals surface area contributed by atoms with Crippen LogP contribution in [0, 0.1) is 5.92 Å². The molecule has 0 aromatic rings. The summed E-state index contributed by atoms with van der Waals surface area (Å²) in [5, 5.41) is 0. The molecule has 0 unspecified atom stereocenters. The molecule has 1 amide bonds. The van der Waals surface area contributed by atoms with Gasteiger partial charge >= 0.3 is 17.9 Å². The lowest BCUT2D eigenvalue weighted by Gasteiger charge is -2.18. The maximum Gasteiger partial charge on any atom is 0.325 e. The van der Waals surface area contributed by atoms with Gasteiger partial charge in [0.15, 0.2) is 5.92 Å². The summed E-state index contributed by atoms with van der Waals surface area (Å²) < 4.78 is 35.2. The zero-order valence-corrected chi connectivity index (χ0v) is 10.1. The van der Waals surface area contributed by atoms with E-state index in [2.05, 4.69) is 15.2 Å². The van der Waals surface area contributed by atoms with Gasteiger partial charge in [-0.3, -0.25) is 14.4 Å². The first-order valence-corrected chi connectivity index (χ1v) is 5.27. The second-order valence-electron chi connectivity index (χ2n) is 3.33. The van der Waals surface area contributed by atoms with Gasteiger partial charge in [-0.15, -0.1) is 0 Å². The number of ether oxygens (including phenoxy) is 2. The Morgan fingerprint density at radius 2 is 1.50 bits per heavy atom. The fourth-order valence-corrected chi connectivity index (χ4v) is 1.11. The van der Waals surface area contributed by atoms with E-state index < -0.39 is 36.1 Å². The summed E-state index contributed by atoms with van der Waals surface area (Å²) in [4.78, 5) is 33.2. The summed E-state index contributed by atoms with van der Waals surface area (Å²) in [6.07, 6.45) is -1.36.